The van der Waals surface area contributed by atoms with Crippen molar-refractivity contribution in [3.05, 3.63) is 24.0 Å². The molecule has 0 bridgehead atoms. The largest absolute Gasteiger partial charge is 0.396 e. The molecule has 1 aromatic rings. The number of aliphatic hydroxyl groups is 1. The number of sulfonamides is 1. The van der Waals surface area contributed by atoms with Crippen LogP contribution in [0.3, 0.4) is 0 Å². The van der Waals surface area contributed by atoms with Crippen molar-refractivity contribution in [2.75, 3.05) is 19.7 Å². The minimum absolute atomic E-state index is 0.0127. The van der Waals surface area contributed by atoms with Gasteiger partial charge in [0.25, 0.3) is 0 Å². The predicted octanol–water partition coefficient (Wildman–Crippen LogP) is 0.109. The normalized spacial score (nSPS) is 20.8. The third-order valence-electron chi connectivity index (χ3n) is 3.36. The highest BCUT2D eigenvalue weighted by atomic mass is 32.2. The standard InChI is InChI=1S/C12H17N3O3S2/c13-12(19)11-10(4-1-5-14-11)20(17,18)15-6-2-3-9(7-15)8-16/h1,4-5,9,16H,2-3,6-8H2,(H2,13,19). The molecule has 2 rings (SSSR count). The quantitative estimate of drug-likeness (QED) is 0.766. The van der Waals surface area contributed by atoms with E-state index in [2.05, 4.69) is 4.98 Å². The second-order valence-corrected chi connectivity index (χ2v) is 7.11. The lowest BCUT2D eigenvalue weighted by molar-refractivity contribution is 0.165. The summed E-state index contributed by atoms with van der Waals surface area (Å²) in [6.45, 7) is 0.732. The van der Waals surface area contributed by atoms with Gasteiger partial charge in [-0.15, -0.1) is 0 Å². The van der Waals surface area contributed by atoms with Crippen LogP contribution in [0, 0.1) is 5.92 Å². The maximum absolute atomic E-state index is 12.7. The molecule has 6 nitrogen and oxygen atoms in total. The molecule has 0 aromatic carbocycles. The van der Waals surface area contributed by atoms with Crippen molar-refractivity contribution in [1.29, 1.82) is 0 Å². The van der Waals surface area contributed by atoms with Gasteiger partial charge < -0.3 is 10.8 Å². The monoisotopic (exact) mass is 315 g/mol. The molecule has 1 aromatic heterocycles. The summed E-state index contributed by atoms with van der Waals surface area (Å²) >= 11 is 4.86. The van der Waals surface area contributed by atoms with Gasteiger partial charge in [-0.3, -0.25) is 4.98 Å². The molecular formula is C12H17N3O3S2. The summed E-state index contributed by atoms with van der Waals surface area (Å²) in [7, 11) is -3.69. The third-order valence-corrected chi connectivity index (χ3v) is 5.45. The fraction of sp³-hybridized carbons (Fsp3) is 0.500. The van der Waals surface area contributed by atoms with Gasteiger partial charge in [0.2, 0.25) is 10.0 Å². The second kappa shape index (κ2) is 6.13. The molecule has 0 radical (unpaired) electrons. The number of aromatic nitrogens is 1. The Morgan fingerprint density at radius 2 is 2.35 bits per heavy atom. The first kappa shape index (κ1) is 15.3. The number of aliphatic hydroxyl groups excluding tert-OH is 1. The van der Waals surface area contributed by atoms with E-state index in [1.165, 1.54) is 16.6 Å². The lowest BCUT2D eigenvalue weighted by atomic mass is 10.0. The van der Waals surface area contributed by atoms with Crippen molar-refractivity contribution in [2.24, 2.45) is 11.7 Å². The fourth-order valence-electron chi connectivity index (χ4n) is 2.32. The number of rotatable bonds is 4. The Bertz CT molecular complexity index is 604. The zero-order valence-corrected chi connectivity index (χ0v) is 12.5. The Morgan fingerprint density at radius 1 is 1.60 bits per heavy atom. The molecule has 1 atom stereocenters. The lowest BCUT2D eigenvalue weighted by Gasteiger charge is -2.31. The van der Waals surface area contributed by atoms with Crippen LogP contribution in [0.1, 0.15) is 18.5 Å². The Hall–Kier alpha value is -1.09. The summed E-state index contributed by atoms with van der Waals surface area (Å²) < 4.78 is 26.7. The molecule has 3 N–H and O–H groups in total. The number of thiocarbonyl (C=S) groups is 1. The summed E-state index contributed by atoms with van der Waals surface area (Å²) in [5.74, 6) is -0.0246. The highest BCUT2D eigenvalue weighted by molar-refractivity contribution is 7.89. The average molecular weight is 315 g/mol. The highest BCUT2D eigenvalue weighted by Crippen LogP contribution is 2.24. The van der Waals surface area contributed by atoms with Crippen LogP contribution in [0.4, 0.5) is 0 Å². The molecule has 2 heterocycles. The van der Waals surface area contributed by atoms with Gasteiger partial charge in [-0.05, 0) is 30.9 Å². The first-order valence-electron chi connectivity index (χ1n) is 6.32. The van der Waals surface area contributed by atoms with Crippen LogP contribution in [0.15, 0.2) is 23.2 Å². The third kappa shape index (κ3) is 2.98. The van der Waals surface area contributed by atoms with E-state index in [1.807, 2.05) is 0 Å². The van der Waals surface area contributed by atoms with Gasteiger partial charge in [-0.25, -0.2) is 8.42 Å². The van der Waals surface area contributed by atoms with Crippen LogP contribution in [0.5, 0.6) is 0 Å². The zero-order chi connectivity index (χ0) is 14.8. The van der Waals surface area contributed by atoms with E-state index in [9.17, 15) is 13.5 Å². The van der Waals surface area contributed by atoms with Crippen molar-refractivity contribution >= 4 is 27.2 Å². The first-order valence-corrected chi connectivity index (χ1v) is 8.17. The van der Waals surface area contributed by atoms with Crippen molar-refractivity contribution in [2.45, 2.75) is 17.7 Å². The van der Waals surface area contributed by atoms with E-state index in [0.717, 1.165) is 12.8 Å². The Balaban J connectivity index is 2.38. The molecule has 0 amide bonds. The molecule has 110 valence electrons. The average Bonchev–Trinajstić information content (AvgIpc) is 2.47. The van der Waals surface area contributed by atoms with E-state index in [-0.39, 0.29) is 28.1 Å². The smallest absolute Gasteiger partial charge is 0.245 e. The number of hydrogen-bond acceptors (Lipinski definition) is 5. The lowest BCUT2D eigenvalue weighted by Crippen LogP contribution is -2.41. The van der Waals surface area contributed by atoms with E-state index in [4.69, 9.17) is 18.0 Å². The summed E-state index contributed by atoms with van der Waals surface area (Å²) in [6.07, 6.45) is 3.02. The maximum atomic E-state index is 12.7. The minimum atomic E-state index is -3.69. The van der Waals surface area contributed by atoms with E-state index >= 15 is 0 Å². The highest BCUT2D eigenvalue weighted by Gasteiger charge is 2.32. The van der Waals surface area contributed by atoms with E-state index in [1.54, 1.807) is 6.07 Å². The Labute approximate surface area is 123 Å². The van der Waals surface area contributed by atoms with Gasteiger partial charge in [0.15, 0.2) is 0 Å². The molecule has 1 aliphatic rings. The van der Waals surface area contributed by atoms with Gasteiger partial charge in [0.1, 0.15) is 15.6 Å². The topological polar surface area (TPSA) is 96.5 Å². The van der Waals surface area contributed by atoms with Crippen molar-refractivity contribution in [3.8, 4) is 0 Å². The second-order valence-electron chi connectivity index (χ2n) is 4.77. The molecule has 1 aliphatic heterocycles. The summed E-state index contributed by atoms with van der Waals surface area (Å²) in [5, 5.41) is 9.21. The van der Waals surface area contributed by atoms with Gasteiger partial charge in [-0.1, -0.05) is 12.2 Å². The summed E-state index contributed by atoms with van der Waals surface area (Å²) in [4.78, 5) is 3.95. The molecule has 0 spiro atoms. The molecule has 0 saturated carbocycles. The molecule has 8 heteroatoms. The van der Waals surface area contributed by atoms with Crippen LogP contribution in [0.2, 0.25) is 0 Å². The molecule has 1 unspecified atom stereocenters. The van der Waals surface area contributed by atoms with E-state index in [0.29, 0.717) is 13.1 Å². The van der Waals surface area contributed by atoms with Gasteiger partial charge in [0, 0.05) is 25.9 Å². The van der Waals surface area contributed by atoms with Crippen molar-refractivity contribution in [1.82, 2.24) is 9.29 Å². The van der Waals surface area contributed by atoms with Gasteiger partial charge in [0.05, 0.1) is 0 Å². The van der Waals surface area contributed by atoms with Crippen LogP contribution >= 0.6 is 12.2 Å². The van der Waals surface area contributed by atoms with Crippen molar-refractivity contribution in [3.63, 3.8) is 0 Å². The number of pyridine rings is 1. The van der Waals surface area contributed by atoms with Gasteiger partial charge >= 0.3 is 0 Å². The minimum Gasteiger partial charge on any atom is -0.396 e. The van der Waals surface area contributed by atoms with E-state index < -0.39 is 10.0 Å². The number of nitrogens with zero attached hydrogens (tertiary/aromatic N) is 2. The fourth-order valence-corrected chi connectivity index (χ4v) is 4.26. The van der Waals surface area contributed by atoms with Crippen LogP contribution < -0.4 is 5.73 Å². The summed E-state index contributed by atoms with van der Waals surface area (Å²) in [5.41, 5.74) is 5.66. The van der Waals surface area contributed by atoms with Crippen LogP contribution in [-0.4, -0.2) is 47.5 Å². The molecule has 1 fully saturated rings. The molecular weight excluding hydrogens is 298 g/mol. The SMILES string of the molecule is NC(=S)c1ncccc1S(=O)(=O)N1CCCC(CO)C1. The number of piperidine rings is 1. The molecule has 0 aliphatic carbocycles. The maximum Gasteiger partial charge on any atom is 0.245 e. The number of hydrogen-bond donors (Lipinski definition) is 2. The Morgan fingerprint density at radius 3 is 3.00 bits per heavy atom. The zero-order valence-electron chi connectivity index (χ0n) is 10.9. The number of nitrogens with two attached hydrogens (primary N) is 1. The van der Waals surface area contributed by atoms with Crippen LogP contribution in [-0.2, 0) is 10.0 Å². The van der Waals surface area contributed by atoms with Crippen molar-refractivity contribution < 1.29 is 13.5 Å². The summed E-state index contributed by atoms with van der Waals surface area (Å²) in [6, 6.07) is 3.00. The van der Waals surface area contributed by atoms with Crippen LogP contribution in [0.25, 0.3) is 0 Å². The Kier molecular flexibility index (Phi) is 4.69. The van der Waals surface area contributed by atoms with Gasteiger partial charge in [-0.2, -0.15) is 4.31 Å². The molecule has 1 saturated heterocycles. The predicted molar refractivity (Wildman–Crippen MR) is 78.7 cm³/mol. The first-order chi connectivity index (χ1) is 9.46. The molecule has 20 heavy (non-hydrogen) atoms.